The van der Waals surface area contributed by atoms with E-state index in [0.29, 0.717) is 22.9 Å². The molecule has 1 atom stereocenters. The first-order chi connectivity index (χ1) is 13.7. The van der Waals surface area contributed by atoms with E-state index >= 15 is 0 Å². The van der Waals surface area contributed by atoms with Crippen molar-refractivity contribution in [1.82, 2.24) is 19.6 Å². The van der Waals surface area contributed by atoms with Crippen LogP contribution in [0.25, 0.3) is 5.78 Å². The SMILES string of the molecule is O=C1CC(c2cccs2)Cc2nc3nc(SCc4ccc(Br)cc4)nn3cc21. The van der Waals surface area contributed by atoms with Gasteiger partial charge in [-0.15, -0.1) is 16.4 Å². The Kier molecular flexibility index (Phi) is 4.78. The van der Waals surface area contributed by atoms with E-state index in [0.717, 1.165) is 22.3 Å². The highest BCUT2D eigenvalue weighted by Gasteiger charge is 2.29. The molecule has 28 heavy (non-hydrogen) atoms. The van der Waals surface area contributed by atoms with Gasteiger partial charge < -0.3 is 0 Å². The van der Waals surface area contributed by atoms with Gasteiger partial charge in [-0.05, 0) is 35.6 Å². The van der Waals surface area contributed by atoms with Crippen LogP contribution in [-0.2, 0) is 12.2 Å². The van der Waals surface area contributed by atoms with Gasteiger partial charge in [0.2, 0.25) is 5.16 Å². The summed E-state index contributed by atoms with van der Waals surface area (Å²) in [7, 11) is 0. The predicted octanol–water partition coefficient (Wildman–Crippen LogP) is 5.15. The molecule has 0 saturated heterocycles. The number of carbonyl (C=O) groups excluding carboxylic acids is 1. The average molecular weight is 471 g/mol. The molecule has 8 heteroatoms. The summed E-state index contributed by atoms with van der Waals surface area (Å²) in [4.78, 5) is 23.1. The minimum atomic E-state index is 0.133. The van der Waals surface area contributed by atoms with Gasteiger partial charge in [0.15, 0.2) is 5.78 Å². The summed E-state index contributed by atoms with van der Waals surface area (Å²) in [6.45, 7) is 0. The minimum absolute atomic E-state index is 0.133. The Labute approximate surface area is 178 Å². The van der Waals surface area contributed by atoms with Crippen molar-refractivity contribution in [3.63, 3.8) is 0 Å². The summed E-state index contributed by atoms with van der Waals surface area (Å²) < 4.78 is 2.69. The van der Waals surface area contributed by atoms with E-state index in [9.17, 15) is 4.79 Å². The molecule has 5 nitrogen and oxygen atoms in total. The number of benzene rings is 1. The fourth-order valence-corrected chi connectivity index (χ4v) is 5.25. The number of halogens is 1. The molecule has 0 saturated carbocycles. The summed E-state index contributed by atoms with van der Waals surface area (Å²) >= 11 is 6.71. The highest BCUT2D eigenvalue weighted by atomic mass is 79.9. The van der Waals surface area contributed by atoms with E-state index in [1.54, 1.807) is 33.8 Å². The molecule has 0 aliphatic heterocycles. The van der Waals surface area contributed by atoms with Crippen molar-refractivity contribution in [1.29, 1.82) is 0 Å². The van der Waals surface area contributed by atoms with Crippen LogP contribution in [0.3, 0.4) is 0 Å². The smallest absolute Gasteiger partial charge is 0.253 e. The summed E-state index contributed by atoms with van der Waals surface area (Å²) in [5.74, 6) is 1.68. The summed E-state index contributed by atoms with van der Waals surface area (Å²) in [5.41, 5.74) is 2.71. The fraction of sp³-hybridized carbons (Fsp3) is 0.200. The van der Waals surface area contributed by atoms with Crippen molar-refractivity contribution in [2.24, 2.45) is 0 Å². The molecular weight excluding hydrogens is 456 g/mol. The Balaban J connectivity index is 1.40. The third kappa shape index (κ3) is 3.52. The zero-order valence-corrected chi connectivity index (χ0v) is 17.9. The Hall–Kier alpha value is -2.03. The summed E-state index contributed by atoms with van der Waals surface area (Å²) in [5, 5.41) is 7.23. The van der Waals surface area contributed by atoms with Crippen LogP contribution in [0.1, 0.15) is 38.8 Å². The number of ketones is 1. The number of fused-ring (bicyclic) bond motifs is 2. The van der Waals surface area contributed by atoms with E-state index < -0.39 is 0 Å². The van der Waals surface area contributed by atoms with E-state index in [-0.39, 0.29) is 11.7 Å². The van der Waals surface area contributed by atoms with Crippen molar-refractivity contribution >= 4 is 50.6 Å². The average Bonchev–Trinajstić information content (AvgIpc) is 3.35. The topological polar surface area (TPSA) is 60.2 Å². The van der Waals surface area contributed by atoms with Crippen molar-refractivity contribution < 1.29 is 4.79 Å². The second-order valence-electron chi connectivity index (χ2n) is 6.70. The van der Waals surface area contributed by atoms with Gasteiger partial charge in [-0.1, -0.05) is 45.9 Å². The summed E-state index contributed by atoms with van der Waals surface area (Å²) in [6, 6.07) is 12.3. The molecule has 1 aliphatic rings. The molecule has 0 fully saturated rings. The largest absolute Gasteiger partial charge is 0.294 e. The van der Waals surface area contributed by atoms with Crippen LogP contribution in [-0.4, -0.2) is 25.4 Å². The first-order valence-electron chi connectivity index (χ1n) is 8.86. The van der Waals surface area contributed by atoms with Gasteiger partial charge in [-0.25, -0.2) is 9.50 Å². The minimum Gasteiger partial charge on any atom is -0.294 e. The van der Waals surface area contributed by atoms with E-state index in [2.05, 4.69) is 54.6 Å². The highest BCUT2D eigenvalue weighted by Crippen LogP contribution is 2.34. The van der Waals surface area contributed by atoms with Crippen LogP contribution in [0.4, 0.5) is 0 Å². The molecular formula is C20H15BrN4OS2. The zero-order chi connectivity index (χ0) is 19.1. The molecule has 5 rings (SSSR count). The second-order valence-corrected chi connectivity index (χ2v) is 9.54. The summed E-state index contributed by atoms with van der Waals surface area (Å²) in [6.07, 6.45) is 3.09. The number of thioether (sulfide) groups is 1. The van der Waals surface area contributed by atoms with Gasteiger partial charge >= 0.3 is 0 Å². The van der Waals surface area contributed by atoms with E-state index in [1.807, 2.05) is 18.2 Å². The van der Waals surface area contributed by atoms with Gasteiger partial charge in [0.25, 0.3) is 5.78 Å². The van der Waals surface area contributed by atoms with Crippen molar-refractivity contribution in [2.45, 2.75) is 29.7 Å². The molecule has 140 valence electrons. The second kappa shape index (κ2) is 7.42. The molecule has 1 unspecified atom stereocenters. The van der Waals surface area contributed by atoms with Crippen molar-refractivity contribution in [3.8, 4) is 0 Å². The Morgan fingerprint density at radius 2 is 2.04 bits per heavy atom. The number of hydrogen-bond acceptors (Lipinski definition) is 6. The van der Waals surface area contributed by atoms with Crippen molar-refractivity contribution in [3.05, 3.63) is 74.1 Å². The molecule has 0 spiro atoms. The first kappa shape index (κ1) is 18.0. The molecule has 0 bridgehead atoms. The molecule has 1 aliphatic carbocycles. The molecule has 1 aromatic carbocycles. The third-order valence-electron chi connectivity index (χ3n) is 4.79. The Bertz CT molecular complexity index is 1160. The highest BCUT2D eigenvalue weighted by molar-refractivity contribution is 9.10. The fourth-order valence-electron chi connectivity index (χ4n) is 3.38. The maximum Gasteiger partial charge on any atom is 0.253 e. The maximum absolute atomic E-state index is 12.7. The normalized spacial score (nSPS) is 16.5. The van der Waals surface area contributed by atoms with Gasteiger partial charge in [-0.2, -0.15) is 4.98 Å². The Morgan fingerprint density at radius 3 is 2.82 bits per heavy atom. The monoisotopic (exact) mass is 470 g/mol. The maximum atomic E-state index is 12.7. The predicted molar refractivity (Wildman–Crippen MR) is 114 cm³/mol. The lowest BCUT2D eigenvalue weighted by Gasteiger charge is -2.21. The van der Waals surface area contributed by atoms with Gasteiger partial charge in [-0.3, -0.25) is 4.79 Å². The lowest BCUT2D eigenvalue weighted by atomic mass is 9.86. The van der Waals surface area contributed by atoms with Gasteiger partial charge in [0.1, 0.15) is 0 Å². The van der Waals surface area contributed by atoms with Crippen LogP contribution in [0.5, 0.6) is 0 Å². The quantitative estimate of drug-likeness (QED) is 0.385. The third-order valence-corrected chi connectivity index (χ3v) is 7.26. The molecule has 3 aromatic heterocycles. The van der Waals surface area contributed by atoms with Gasteiger partial charge in [0.05, 0.1) is 11.3 Å². The Morgan fingerprint density at radius 1 is 1.18 bits per heavy atom. The van der Waals surface area contributed by atoms with Crippen molar-refractivity contribution in [2.75, 3.05) is 0 Å². The van der Waals surface area contributed by atoms with Crippen LogP contribution in [0.2, 0.25) is 0 Å². The van der Waals surface area contributed by atoms with Gasteiger partial charge in [0, 0.05) is 33.6 Å². The van der Waals surface area contributed by atoms with Crippen LogP contribution in [0, 0.1) is 0 Å². The van der Waals surface area contributed by atoms with Crippen LogP contribution < -0.4 is 0 Å². The number of hydrogen-bond donors (Lipinski definition) is 0. The number of aromatic nitrogens is 4. The number of thiophene rings is 1. The molecule has 0 N–H and O–H groups in total. The van der Waals surface area contributed by atoms with E-state index in [4.69, 9.17) is 0 Å². The van der Waals surface area contributed by atoms with Crippen LogP contribution in [0.15, 0.2) is 57.6 Å². The molecule has 3 heterocycles. The zero-order valence-electron chi connectivity index (χ0n) is 14.7. The van der Waals surface area contributed by atoms with Crippen LogP contribution >= 0.6 is 39.0 Å². The molecule has 0 amide bonds. The lowest BCUT2D eigenvalue weighted by Crippen LogP contribution is -2.20. The number of Topliss-reactive ketones (excluding diaryl/α,β-unsaturated/α-hetero) is 1. The first-order valence-corrected chi connectivity index (χ1v) is 11.5. The molecule has 4 aromatic rings. The number of nitrogens with zero attached hydrogens (tertiary/aromatic N) is 4. The number of carbonyl (C=O) groups is 1. The number of rotatable bonds is 4. The standard InChI is InChI=1S/C20H15BrN4OS2/c21-14-5-3-12(4-6-14)11-28-20-23-19-22-16-8-13(18-2-1-7-27-18)9-17(26)15(16)10-25(19)24-20/h1-7,10,13H,8-9,11H2. The molecule has 0 radical (unpaired) electrons. The van der Waals surface area contributed by atoms with E-state index in [1.165, 1.54) is 10.4 Å². The lowest BCUT2D eigenvalue weighted by molar-refractivity contribution is 0.0963.